The molecule has 0 bridgehead atoms. The fourth-order valence-electron chi connectivity index (χ4n) is 1.32. The Hall–Kier alpha value is -0.170. The van der Waals surface area contributed by atoms with E-state index < -0.39 is 10.2 Å². The highest BCUT2D eigenvalue weighted by Crippen LogP contribution is 2.02. The van der Waals surface area contributed by atoms with Gasteiger partial charge in [0.2, 0.25) is 0 Å². The summed E-state index contributed by atoms with van der Waals surface area (Å²) in [5.74, 6) is 0. The molecule has 0 aromatic carbocycles. The quantitative estimate of drug-likeness (QED) is 0.583. The topological polar surface area (TPSA) is 70.2 Å². The predicted octanol–water partition coefficient (Wildman–Crippen LogP) is -0.472. The first-order valence-corrected chi connectivity index (χ1v) is 6.01. The van der Waals surface area contributed by atoms with Crippen LogP contribution in [0.15, 0.2) is 0 Å². The molecule has 1 rings (SSSR count). The molecule has 1 heterocycles. The van der Waals surface area contributed by atoms with E-state index in [1.54, 1.807) is 13.8 Å². The molecular formula is C7H17N3O2S. The summed E-state index contributed by atoms with van der Waals surface area (Å²) < 4.78 is 27.7. The van der Waals surface area contributed by atoms with Crippen LogP contribution in [0.25, 0.3) is 0 Å². The molecule has 78 valence electrons. The highest BCUT2D eigenvalue weighted by molar-refractivity contribution is 7.87. The van der Waals surface area contributed by atoms with Crippen molar-refractivity contribution in [3.63, 3.8) is 0 Å². The summed E-state index contributed by atoms with van der Waals surface area (Å²) >= 11 is 0. The average molecular weight is 207 g/mol. The van der Waals surface area contributed by atoms with Gasteiger partial charge in [0.1, 0.15) is 0 Å². The van der Waals surface area contributed by atoms with Crippen molar-refractivity contribution in [2.45, 2.75) is 38.9 Å². The van der Waals surface area contributed by atoms with E-state index in [4.69, 9.17) is 0 Å². The maximum absolute atomic E-state index is 11.3. The Balaban J connectivity index is 2.41. The lowest BCUT2D eigenvalue weighted by Gasteiger charge is -2.15. The Kier molecular flexibility index (Phi) is 3.66. The third kappa shape index (κ3) is 4.04. The van der Waals surface area contributed by atoms with Gasteiger partial charge in [0.15, 0.2) is 0 Å². The monoisotopic (exact) mass is 207 g/mol. The Bertz CT molecular complexity index is 244. The van der Waals surface area contributed by atoms with Crippen molar-refractivity contribution in [1.82, 2.24) is 14.8 Å². The van der Waals surface area contributed by atoms with Crippen LogP contribution < -0.4 is 14.8 Å². The molecule has 6 heteroatoms. The van der Waals surface area contributed by atoms with Crippen LogP contribution in [0.3, 0.4) is 0 Å². The van der Waals surface area contributed by atoms with Gasteiger partial charge >= 0.3 is 0 Å². The second-order valence-corrected chi connectivity index (χ2v) is 5.02. The van der Waals surface area contributed by atoms with Crippen molar-refractivity contribution in [3.8, 4) is 0 Å². The minimum Gasteiger partial charge on any atom is -0.301 e. The van der Waals surface area contributed by atoms with Crippen molar-refractivity contribution in [2.24, 2.45) is 0 Å². The molecule has 1 aliphatic rings. The van der Waals surface area contributed by atoms with Crippen LogP contribution in [0.2, 0.25) is 0 Å². The summed E-state index contributed by atoms with van der Waals surface area (Å²) in [5, 5.41) is 3.06. The van der Waals surface area contributed by atoms with Crippen LogP contribution in [-0.4, -0.2) is 27.2 Å². The maximum Gasteiger partial charge on any atom is 0.278 e. The Labute approximate surface area is 79.5 Å². The molecule has 1 aliphatic heterocycles. The van der Waals surface area contributed by atoms with Gasteiger partial charge in [-0.05, 0) is 33.2 Å². The molecule has 1 unspecified atom stereocenters. The van der Waals surface area contributed by atoms with Gasteiger partial charge in [0, 0.05) is 6.04 Å². The van der Waals surface area contributed by atoms with Gasteiger partial charge in [-0.25, -0.2) is 0 Å². The van der Waals surface area contributed by atoms with Crippen LogP contribution in [0, 0.1) is 0 Å². The molecule has 0 radical (unpaired) electrons. The zero-order valence-electron chi connectivity index (χ0n) is 8.00. The van der Waals surface area contributed by atoms with Gasteiger partial charge in [-0.2, -0.15) is 17.9 Å². The third-order valence-electron chi connectivity index (χ3n) is 1.75. The predicted molar refractivity (Wildman–Crippen MR) is 51.4 cm³/mol. The van der Waals surface area contributed by atoms with E-state index in [1.807, 2.05) is 0 Å². The third-order valence-corrected chi connectivity index (χ3v) is 3.13. The molecule has 0 aromatic rings. The van der Waals surface area contributed by atoms with Crippen molar-refractivity contribution in [3.05, 3.63) is 0 Å². The zero-order chi connectivity index (χ0) is 9.90. The number of rotatable bonds is 4. The van der Waals surface area contributed by atoms with Gasteiger partial charge in [-0.15, -0.1) is 0 Å². The van der Waals surface area contributed by atoms with E-state index >= 15 is 0 Å². The first-order chi connectivity index (χ1) is 5.99. The normalized spacial score (nSPS) is 24.1. The van der Waals surface area contributed by atoms with E-state index in [-0.39, 0.29) is 12.2 Å². The van der Waals surface area contributed by atoms with Gasteiger partial charge in [0.25, 0.3) is 10.2 Å². The molecule has 5 nitrogen and oxygen atoms in total. The second kappa shape index (κ2) is 4.36. The Morgan fingerprint density at radius 2 is 2.15 bits per heavy atom. The van der Waals surface area contributed by atoms with E-state index in [2.05, 4.69) is 14.8 Å². The first kappa shape index (κ1) is 10.9. The molecule has 0 aliphatic carbocycles. The fraction of sp³-hybridized carbons (Fsp3) is 1.00. The lowest BCUT2D eigenvalue weighted by Crippen LogP contribution is -2.48. The molecular weight excluding hydrogens is 190 g/mol. The molecule has 13 heavy (non-hydrogen) atoms. The van der Waals surface area contributed by atoms with Crippen molar-refractivity contribution >= 4 is 10.2 Å². The summed E-state index contributed by atoms with van der Waals surface area (Å²) in [4.78, 5) is 0. The molecule has 3 N–H and O–H groups in total. The van der Waals surface area contributed by atoms with Gasteiger partial charge < -0.3 is 5.32 Å². The number of hydrogen-bond acceptors (Lipinski definition) is 3. The maximum atomic E-state index is 11.3. The van der Waals surface area contributed by atoms with Crippen LogP contribution >= 0.6 is 0 Å². The van der Waals surface area contributed by atoms with Crippen LogP contribution in [0.4, 0.5) is 0 Å². The first-order valence-electron chi connectivity index (χ1n) is 4.52. The second-order valence-electron chi connectivity index (χ2n) is 3.54. The van der Waals surface area contributed by atoms with Crippen LogP contribution in [0.5, 0.6) is 0 Å². The minimum absolute atomic E-state index is 0.0705. The lowest BCUT2D eigenvalue weighted by atomic mass is 10.3. The van der Waals surface area contributed by atoms with E-state index in [0.29, 0.717) is 0 Å². The SMILES string of the molecule is CC(C)NS(=O)(=O)NC1CCCN1. The molecule has 1 fully saturated rings. The van der Waals surface area contributed by atoms with Crippen molar-refractivity contribution in [2.75, 3.05) is 6.54 Å². The van der Waals surface area contributed by atoms with E-state index in [1.165, 1.54) is 0 Å². The Morgan fingerprint density at radius 1 is 1.46 bits per heavy atom. The van der Waals surface area contributed by atoms with Crippen LogP contribution in [-0.2, 0) is 10.2 Å². The summed E-state index contributed by atoms with van der Waals surface area (Å²) in [5.41, 5.74) is 0. The van der Waals surface area contributed by atoms with E-state index in [0.717, 1.165) is 19.4 Å². The van der Waals surface area contributed by atoms with Gasteiger partial charge in [-0.3, -0.25) is 0 Å². The summed E-state index contributed by atoms with van der Waals surface area (Å²) in [7, 11) is -3.33. The minimum atomic E-state index is -3.33. The smallest absolute Gasteiger partial charge is 0.278 e. The fourth-order valence-corrected chi connectivity index (χ4v) is 2.58. The highest BCUT2D eigenvalue weighted by Gasteiger charge is 2.20. The molecule has 0 amide bonds. The summed E-state index contributed by atoms with van der Waals surface area (Å²) in [6.45, 7) is 4.47. The highest BCUT2D eigenvalue weighted by atomic mass is 32.2. The van der Waals surface area contributed by atoms with Gasteiger partial charge in [-0.1, -0.05) is 0 Å². The lowest BCUT2D eigenvalue weighted by molar-refractivity contribution is 0.513. The number of hydrogen-bond donors (Lipinski definition) is 3. The standard InChI is InChI=1S/C7H17N3O2S/c1-6(2)9-13(11,12)10-7-4-3-5-8-7/h6-10H,3-5H2,1-2H3. The molecule has 1 saturated heterocycles. The largest absolute Gasteiger partial charge is 0.301 e. The molecule has 0 aromatic heterocycles. The van der Waals surface area contributed by atoms with Gasteiger partial charge in [0.05, 0.1) is 6.17 Å². The Morgan fingerprint density at radius 3 is 2.62 bits per heavy atom. The van der Waals surface area contributed by atoms with Crippen LogP contribution in [0.1, 0.15) is 26.7 Å². The number of nitrogens with one attached hydrogen (secondary N) is 3. The van der Waals surface area contributed by atoms with E-state index in [9.17, 15) is 8.42 Å². The molecule has 0 spiro atoms. The molecule has 0 saturated carbocycles. The average Bonchev–Trinajstić information content (AvgIpc) is 2.34. The zero-order valence-corrected chi connectivity index (χ0v) is 8.82. The summed E-state index contributed by atoms with van der Waals surface area (Å²) in [6.07, 6.45) is 1.78. The molecule has 1 atom stereocenters. The van der Waals surface area contributed by atoms with Crippen molar-refractivity contribution in [1.29, 1.82) is 0 Å². The van der Waals surface area contributed by atoms with Crippen molar-refractivity contribution < 1.29 is 8.42 Å². The summed E-state index contributed by atoms with van der Waals surface area (Å²) in [6, 6.07) is -0.0705.